The van der Waals surface area contributed by atoms with Gasteiger partial charge in [0.2, 0.25) is 0 Å². The molecule has 1 N–H and O–H groups in total. The van der Waals surface area contributed by atoms with Gasteiger partial charge in [-0.25, -0.2) is 4.79 Å². The van der Waals surface area contributed by atoms with Crippen molar-refractivity contribution in [1.82, 2.24) is 0 Å². The third kappa shape index (κ3) is 2.19. The number of carbonyl (C=O) groups excluding carboxylic acids is 1. The molecule has 0 unspecified atom stereocenters. The van der Waals surface area contributed by atoms with Crippen LogP contribution in [0.15, 0.2) is 0 Å². The fourth-order valence-corrected chi connectivity index (χ4v) is 1.22. The summed E-state index contributed by atoms with van der Waals surface area (Å²) in [6, 6.07) is 0. The summed E-state index contributed by atoms with van der Waals surface area (Å²) in [6.07, 6.45) is -0.271. The maximum Gasteiger partial charge on any atom is 0.335 e. The zero-order valence-corrected chi connectivity index (χ0v) is 7.16. The van der Waals surface area contributed by atoms with Crippen molar-refractivity contribution in [2.75, 3.05) is 19.8 Å². The van der Waals surface area contributed by atoms with E-state index in [0.717, 1.165) is 6.42 Å². The largest absolute Gasteiger partial charge is 0.464 e. The van der Waals surface area contributed by atoms with Gasteiger partial charge in [-0.3, -0.25) is 0 Å². The van der Waals surface area contributed by atoms with E-state index >= 15 is 0 Å². The Labute approximate surface area is 71.5 Å². The van der Waals surface area contributed by atoms with Gasteiger partial charge in [-0.2, -0.15) is 0 Å². The van der Waals surface area contributed by atoms with Crippen LogP contribution < -0.4 is 0 Å². The minimum atomic E-state index is -1.01. The van der Waals surface area contributed by atoms with Crippen LogP contribution in [0.25, 0.3) is 0 Å². The Morgan fingerprint density at radius 1 is 1.83 bits per heavy atom. The Bertz CT molecular complexity index is 151. The normalized spacial score (nSPS) is 25.3. The topological polar surface area (TPSA) is 55.8 Å². The predicted molar refractivity (Wildman–Crippen MR) is 41.6 cm³/mol. The molecule has 70 valence electrons. The first-order valence-electron chi connectivity index (χ1n) is 4.18. The van der Waals surface area contributed by atoms with Crippen LogP contribution in [-0.2, 0) is 14.3 Å². The van der Waals surface area contributed by atoms with Crippen molar-refractivity contribution in [3.05, 3.63) is 0 Å². The van der Waals surface area contributed by atoms with Crippen molar-refractivity contribution in [3.63, 3.8) is 0 Å². The summed E-state index contributed by atoms with van der Waals surface area (Å²) in [5.74, 6) is -0.614. The lowest BCUT2D eigenvalue weighted by atomic mass is 10.0. The number of aliphatic hydroxyl groups is 1. The maximum absolute atomic E-state index is 11.0. The van der Waals surface area contributed by atoms with Crippen LogP contribution in [0, 0.1) is 5.92 Å². The van der Waals surface area contributed by atoms with Crippen LogP contribution in [0.1, 0.15) is 13.3 Å². The van der Waals surface area contributed by atoms with Gasteiger partial charge in [0.25, 0.3) is 0 Å². The van der Waals surface area contributed by atoms with Crippen LogP contribution in [0.2, 0.25) is 0 Å². The first-order chi connectivity index (χ1) is 5.75. The molecular formula is C8H14O4. The van der Waals surface area contributed by atoms with Crippen molar-refractivity contribution in [1.29, 1.82) is 0 Å². The molecule has 0 spiro atoms. The molecule has 0 saturated carbocycles. The maximum atomic E-state index is 11.0. The summed E-state index contributed by atoms with van der Waals surface area (Å²) in [7, 11) is 0. The second-order valence-electron chi connectivity index (χ2n) is 2.82. The second-order valence-corrected chi connectivity index (χ2v) is 2.82. The lowest BCUT2D eigenvalue weighted by Crippen LogP contribution is -2.31. The highest BCUT2D eigenvalue weighted by atomic mass is 16.5. The van der Waals surface area contributed by atoms with E-state index in [-0.39, 0.29) is 5.92 Å². The van der Waals surface area contributed by atoms with Gasteiger partial charge in [0.05, 0.1) is 13.2 Å². The first-order valence-corrected chi connectivity index (χ1v) is 4.18. The summed E-state index contributed by atoms with van der Waals surface area (Å²) in [5, 5.41) is 9.39. The van der Waals surface area contributed by atoms with E-state index in [1.54, 1.807) is 6.92 Å². The Balaban J connectivity index is 2.34. The highest BCUT2D eigenvalue weighted by Crippen LogP contribution is 2.17. The van der Waals surface area contributed by atoms with Crippen LogP contribution >= 0.6 is 0 Å². The van der Waals surface area contributed by atoms with Gasteiger partial charge in [0.1, 0.15) is 0 Å². The van der Waals surface area contributed by atoms with Gasteiger partial charge in [-0.15, -0.1) is 0 Å². The lowest BCUT2D eigenvalue weighted by Gasteiger charge is -2.13. The molecule has 4 heteroatoms. The molecule has 0 aromatic carbocycles. The molecule has 0 bridgehead atoms. The van der Waals surface area contributed by atoms with Gasteiger partial charge in [0.15, 0.2) is 6.10 Å². The Morgan fingerprint density at radius 3 is 3.08 bits per heavy atom. The van der Waals surface area contributed by atoms with Crippen molar-refractivity contribution in [2.45, 2.75) is 19.4 Å². The molecule has 2 atom stereocenters. The first kappa shape index (κ1) is 9.48. The van der Waals surface area contributed by atoms with Crippen molar-refractivity contribution >= 4 is 5.97 Å². The standard InChI is InChI=1S/C8H14O4/c1-2-12-8(10)7(9)6-3-4-11-5-6/h6-7,9H,2-5H2,1H3/t6-,7+/m0/s1. The number of rotatable bonds is 3. The van der Waals surface area contributed by atoms with E-state index in [1.807, 2.05) is 0 Å². The lowest BCUT2D eigenvalue weighted by molar-refractivity contribution is -0.156. The molecule has 0 amide bonds. The molecule has 1 rings (SSSR count). The van der Waals surface area contributed by atoms with E-state index in [9.17, 15) is 9.90 Å². The predicted octanol–water partition coefficient (Wildman–Crippen LogP) is -0.0531. The molecule has 1 fully saturated rings. The van der Waals surface area contributed by atoms with Crippen molar-refractivity contribution < 1.29 is 19.4 Å². The smallest absolute Gasteiger partial charge is 0.335 e. The van der Waals surface area contributed by atoms with Gasteiger partial charge in [-0.05, 0) is 13.3 Å². The van der Waals surface area contributed by atoms with Crippen LogP contribution in [0.3, 0.4) is 0 Å². The molecule has 12 heavy (non-hydrogen) atoms. The van der Waals surface area contributed by atoms with Crippen LogP contribution in [-0.4, -0.2) is 37.0 Å². The van der Waals surface area contributed by atoms with Gasteiger partial charge in [0, 0.05) is 12.5 Å². The molecule has 1 aliphatic heterocycles. The zero-order chi connectivity index (χ0) is 8.97. The van der Waals surface area contributed by atoms with E-state index in [2.05, 4.69) is 4.74 Å². The molecule has 0 aromatic heterocycles. The summed E-state index contributed by atoms with van der Waals surface area (Å²) < 4.78 is 9.71. The fourth-order valence-electron chi connectivity index (χ4n) is 1.22. The van der Waals surface area contributed by atoms with Gasteiger partial charge < -0.3 is 14.6 Å². The number of esters is 1. The number of aliphatic hydroxyl groups excluding tert-OH is 1. The Hall–Kier alpha value is -0.610. The average molecular weight is 174 g/mol. The SMILES string of the molecule is CCOC(=O)[C@H](O)[C@H]1CCOC1. The van der Waals surface area contributed by atoms with Gasteiger partial charge >= 0.3 is 5.97 Å². The third-order valence-corrected chi connectivity index (χ3v) is 1.94. The molecule has 1 saturated heterocycles. The van der Waals surface area contributed by atoms with E-state index < -0.39 is 12.1 Å². The van der Waals surface area contributed by atoms with Crippen LogP contribution in [0.4, 0.5) is 0 Å². The molecular weight excluding hydrogens is 160 g/mol. The number of hydrogen-bond acceptors (Lipinski definition) is 4. The molecule has 4 nitrogen and oxygen atoms in total. The van der Waals surface area contributed by atoms with Crippen molar-refractivity contribution in [2.24, 2.45) is 5.92 Å². The van der Waals surface area contributed by atoms with Gasteiger partial charge in [-0.1, -0.05) is 0 Å². The summed E-state index contributed by atoms with van der Waals surface area (Å²) >= 11 is 0. The number of carbonyl (C=O) groups is 1. The molecule has 0 radical (unpaired) electrons. The highest BCUT2D eigenvalue weighted by Gasteiger charge is 2.30. The number of ether oxygens (including phenoxy) is 2. The second kappa shape index (κ2) is 4.42. The van der Waals surface area contributed by atoms with Crippen LogP contribution in [0.5, 0.6) is 0 Å². The number of hydrogen-bond donors (Lipinski definition) is 1. The summed E-state index contributed by atoms with van der Waals surface area (Å²) in [6.45, 7) is 3.11. The summed E-state index contributed by atoms with van der Waals surface area (Å²) in [5.41, 5.74) is 0. The highest BCUT2D eigenvalue weighted by molar-refractivity contribution is 5.74. The minimum absolute atomic E-state index is 0.0796. The summed E-state index contributed by atoms with van der Waals surface area (Å²) in [4.78, 5) is 11.0. The molecule has 0 aliphatic carbocycles. The molecule has 0 aromatic rings. The minimum Gasteiger partial charge on any atom is -0.464 e. The third-order valence-electron chi connectivity index (χ3n) is 1.94. The van der Waals surface area contributed by atoms with E-state index in [4.69, 9.17) is 4.74 Å². The molecule has 1 aliphatic rings. The average Bonchev–Trinajstić information content (AvgIpc) is 2.55. The zero-order valence-electron chi connectivity index (χ0n) is 7.16. The Morgan fingerprint density at radius 2 is 2.58 bits per heavy atom. The quantitative estimate of drug-likeness (QED) is 0.609. The van der Waals surface area contributed by atoms with E-state index in [0.29, 0.717) is 19.8 Å². The van der Waals surface area contributed by atoms with E-state index in [1.165, 1.54) is 0 Å². The Kier molecular flexibility index (Phi) is 3.49. The monoisotopic (exact) mass is 174 g/mol. The fraction of sp³-hybridized carbons (Fsp3) is 0.875. The van der Waals surface area contributed by atoms with Crippen molar-refractivity contribution in [3.8, 4) is 0 Å². The molecule has 1 heterocycles.